The van der Waals surface area contributed by atoms with Crippen molar-refractivity contribution in [3.05, 3.63) is 30.5 Å². The molecule has 0 radical (unpaired) electrons. The van der Waals surface area contributed by atoms with Gasteiger partial charge in [-0.2, -0.15) is 10.1 Å². The molecular formula is C17H21N7O2. The highest BCUT2D eigenvalue weighted by Crippen LogP contribution is 2.18. The summed E-state index contributed by atoms with van der Waals surface area (Å²) in [7, 11) is 0. The molecule has 0 aliphatic carbocycles. The molecular weight excluding hydrogens is 334 g/mol. The van der Waals surface area contributed by atoms with Crippen molar-refractivity contribution in [2.45, 2.75) is 13.8 Å². The highest BCUT2D eigenvalue weighted by molar-refractivity contribution is 5.88. The lowest BCUT2D eigenvalue weighted by atomic mass is 10.3. The van der Waals surface area contributed by atoms with E-state index >= 15 is 0 Å². The van der Waals surface area contributed by atoms with E-state index in [-0.39, 0.29) is 11.8 Å². The van der Waals surface area contributed by atoms with E-state index in [1.165, 1.54) is 6.92 Å². The van der Waals surface area contributed by atoms with Crippen LogP contribution in [0.25, 0.3) is 0 Å². The number of hydrogen-bond donors (Lipinski definition) is 2. The molecule has 1 aromatic carbocycles. The van der Waals surface area contributed by atoms with Gasteiger partial charge in [0.05, 0.1) is 6.20 Å². The number of nitrogens with one attached hydrogen (secondary N) is 2. The van der Waals surface area contributed by atoms with Crippen LogP contribution in [-0.4, -0.2) is 58.1 Å². The van der Waals surface area contributed by atoms with Crippen LogP contribution in [0.2, 0.25) is 0 Å². The molecule has 9 nitrogen and oxygen atoms in total. The van der Waals surface area contributed by atoms with Crippen LogP contribution in [0.3, 0.4) is 0 Å². The van der Waals surface area contributed by atoms with Crippen LogP contribution in [0, 0.1) is 0 Å². The summed E-state index contributed by atoms with van der Waals surface area (Å²) in [4.78, 5) is 30.9. The summed E-state index contributed by atoms with van der Waals surface area (Å²) < 4.78 is 0. The molecule has 0 bridgehead atoms. The molecule has 1 aliphatic heterocycles. The van der Waals surface area contributed by atoms with Crippen molar-refractivity contribution in [3.8, 4) is 0 Å². The van der Waals surface area contributed by atoms with Crippen LogP contribution >= 0.6 is 0 Å². The van der Waals surface area contributed by atoms with E-state index in [4.69, 9.17) is 0 Å². The molecule has 0 spiro atoms. The topological polar surface area (TPSA) is 103 Å². The zero-order valence-electron chi connectivity index (χ0n) is 14.8. The molecule has 0 unspecified atom stereocenters. The first-order chi connectivity index (χ1) is 12.5. The third-order valence-electron chi connectivity index (χ3n) is 4.06. The number of carbonyl (C=O) groups excluding carboxylic acids is 2. The van der Waals surface area contributed by atoms with Crippen molar-refractivity contribution >= 4 is 35.0 Å². The highest BCUT2D eigenvalue weighted by Gasteiger charge is 2.20. The number of carbonyl (C=O) groups is 2. The second kappa shape index (κ2) is 7.77. The Balaban J connectivity index is 1.64. The van der Waals surface area contributed by atoms with Gasteiger partial charge in [0.15, 0.2) is 5.82 Å². The van der Waals surface area contributed by atoms with Gasteiger partial charge in [-0.1, -0.05) is 0 Å². The van der Waals surface area contributed by atoms with Gasteiger partial charge in [-0.3, -0.25) is 9.59 Å². The zero-order chi connectivity index (χ0) is 18.5. The van der Waals surface area contributed by atoms with Gasteiger partial charge in [0, 0.05) is 51.4 Å². The van der Waals surface area contributed by atoms with Crippen LogP contribution < -0.4 is 15.5 Å². The van der Waals surface area contributed by atoms with E-state index in [2.05, 4.69) is 30.7 Å². The van der Waals surface area contributed by atoms with Crippen molar-refractivity contribution < 1.29 is 9.59 Å². The monoisotopic (exact) mass is 355 g/mol. The van der Waals surface area contributed by atoms with E-state index in [1.807, 2.05) is 17.0 Å². The molecule has 1 aliphatic rings. The van der Waals surface area contributed by atoms with Gasteiger partial charge >= 0.3 is 0 Å². The van der Waals surface area contributed by atoms with Crippen molar-refractivity contribution in [2.75, 3.05) is 41.7 Å². The summed E-state index contributed by atoms with van der Waals surface area (Å²) in [6, 6.07) is 7.24. The standard InChI is InChI=1S/C17H21N7O2/c1-12(25)19-14-3-5-15(6-4-14)20-17-21-16(11-18-22-17)24-9-7-23(8-10-24)13(2)26/h3-6,11H,7-10H2,1-2H3,(H,19,25)(H,20,21,22). The molecule has 1 fully saturated rings. The minimum absolute atomic E-state index is 0.0931. The first kappa shape index (κ1) is 17.6. The van der Waals surface area contributed by atoms with Crippen molar-refractivity contribution in [2.24, 2.45) is 0 Å². The normalized spacial score (nSPS) is 14.1. The maximum atomic E-state index is 11.4. The summed E-state index contributed by atoms with van der Waals surface area (Å²) in [5.41, 5.74) is 1.51. The quantitative estimate of drug-likeness (QED) is 0.850. The Labute approximate surface area is 151 Å². The molecule has 9 heteroatoms. The van der Waals surface area contributed by atoms with Crippen molar-refractivity contribution in [1.29, 1.82) is 0 Å². The summed E-state index contributed by atoms with van der Waals surface area (Å²) in [6.07, 6.45) is 1.62. The van der Waals surface area contributed by atoms with Gasteiger partial charge in [-0.15, -0.1) is 5.10 Å². The Hall–Kier alpha value is -3.23. The average Bonchev–Trinajstić information content (AvgIpc) is 2.63. The second-order valence-electron chi connectivity index (χ2n) is 6.01. The molecule has 26 heavy (non-hydrogen) atoms. The average molecular weight is 355 g/mol. The smallest absolute Gasteiger partial charge is 0.249 e. The fourth-order valence-electron chi connectivity index (χ4n) is 2.72. The first-order valence-electron chi connectivity index (χ1n) is 8.36. The minimum atomic E-state index is -0.115. The number of aromatic nitrogens is 3. The van der Waals surface area contributed by atoms with Gasteiger partial charge in [0.2, 0.25) is 17.8 Å². The summed E-state index contributed by atoms with van der Waals surface area (Å²) in [5.74, 6) is 1.09. The van der Waals surface area contributed by atoms with Crippen LogP contribution in [0.15, 0.2) is 30.5 Å². The first-order valence-corrected chi connectivity index (χ1v) is 8.36. The number of amides is 2. The number of anilines is 4. The Morgan fingerprint density at radius 2 is 1.65 bits per heavy atom. The predicted molar refractivity (Wildman–Crippen MR) is 98.3 cm³/mol. The van der Waals surface area contributed by atoms with Gasteiger partial charge < -0.3 is 20.4 Å². The lowest BCUT2D eigenvalue weighted by Gasteiger charge is -2.34. The maximum absolute atomic E-state index is 11.4. The van der Waals surface area contributed by atoms with Gasteiger partial charge in [0.25, 0.3) is 0 Å². The lowest BCUT2D eigenvalue weighted by Crippen LogP contribution is -2.48. The number of hydrogen-bond acceptors (Lipinski definition) is 7. The van der Waals surface area contributed by atoms with E-state index in [0.29, 0.717) is 32.1 Å². The minimum Gasteiger partial charge on any atom is -0.352 e. The maximum Gasteiger partial charge on any atom is 0.249 e. The summed E-state index contributed by atoms with van der Waals surface area (Å²) in [5, 5.41) is 13.8. The molecule has 2 amide bonds. The largest absolute Gasteiger partial charge is 0.352 e. The van der Waals surface area contributed by atoms with Gasteiger partial charge in [0.1, 0.15) is 0 Å². The van der Waals surface area contributed by atoms with Crippen LogP contribution in [-0.2, 0) is 9.59 Å². The summed E-state index contributed by atoms with van der Waals surface area (Å²) in [6.45, 7) is 5.82. The lowest BCUT2D eigenvalue weighted by molar-refractivity contribution is -0.129. The molecule has 0 saturated carbocycles. The van der Waals surface area contributed by atoms with Crippen molar-refractivity contribution in [1.82, 2.24) is 20.1 Å². The Bertz CT molecular complexity index is 786. The number of nitrogens with zero attached hydrogens (tertiary/aromatic N) is 5. The highest BCUT2D eigenvalue weighted by atomic mass is 16.2. The molecule has 2 aromatic rings. The van der Waals surface area contributed by atoms with E-state index in [1.54, 1.807) is 25.3 Å². The molecule has 2 N–H and O–H groups in total. The molecule has 1 aromatic heterocycles. The zero-order valence-corrected chi connectivity index (χ0v) is 14.8. The van der Waals surface area contributed by atoms with E-state index < -0.39 is 0 Å². The molecule has 2 heterocycles. The van der Waals surface area contributed by atoms with Gasteiger partial charge in [-0.25, -0.2) is 0 Å². The second-order valence-corrected chi connectivity index (χ2v) is 6.01. The fraction of sp³-hybridized carbons (Fsp3) is 0.353. The van der Waals surface area contributed by atoms with Gasteiger partial charge in [-0.05, 0) is 24.3 Å². The number of benzene rings is 1. The molecule has 3 rings (SSSR count). The van der Waals surface area contributed by atoms with Crippen LogP contribution in [0.4, 0.5) is 23.1 Å². The molecule has 0 atom stereocenters. The Morgan fingerprint density at radius 1 is 1.00 bits per heavy atom. The van der Waals surface area contributed by atoms with Crippen molar-refractivity contribution in [3.63, 3.8) is 0 Å². The van der Waals surface area contributed by atoms with Crippen LogP contribution in [0.1, 0.15) is 13.8 Å². The molecule has 1 saturated heterocycles. The van der Waals surface area contributed by atoms with E-state index in [0.717, 1.165) is 17.2 Å². The molecule has 136 valence electrons. The van der Waals surface area contributed by atoms with E-state index in [9.17, 15) is 9.59 Å². The SMILES string of the molecule is CC(=O)Nc1ccc(Nc2nncc(N3CCN(C(C)=O)CC3)n2)cc1. The fourth-order valence-corrected chi connectivity index (χ4v) is 2.72. The van der Waals surface area contributed by atoms with Crippen LogP contribution in [0.5, 0.6) is 0 Å². The Morgan fingerprint density at radius 3 is 2.27 bits per heavy atom. The number of rotatable bonds is 4. The third kappa shape index (κ3) is 4.44. The Kier molecular flexibility index (Phi) is 5.26. The predicted octanol–water partition coefficient (Wildman–Crippen LogP) is 1.24. The number of piperazine rings is 1. The third-order valence-corrected chi connectivity index (χ3v) is 4.06. The summed E-state index contributed by atoms with van der Waals surface area (Å²) >= 11 is 0.